The Balaban J connectivity index is 1.78. The van der Waals surface area contributed by atoms with E-state index in [1.807, 2.05) is 6.20 Å². The summed E-state index contributed by atoms with van der Waals surface area (Å²) in [6.07, 6.45) is 1.99. The Morgan fingerprint density at radius 1 is 0.950 bits per heavy atom. The summed E-state index contributed by atoms with van der Waals surface area (Å²) in [6, 6.07) is 12.9. The molecule has 0 saturated carbocycles. The predicted molar refractivity (Wildman–Crippen MR) is 84.1 cm³/mol. The zero-order valence-corrected chi connectivity index (χ0v) is 12.2. The van der Waals surface area contributed by atoms with Gasteiger partial charge in [0, 0.05) is 37.9 Å². The Labute approximate surface area is 120 Å². The second-order valence-corrected chi connectivity index (χ2v) is 5.56. The number of hydrogen-bond acceptors (Lipinski definition) is 3. The van der Waals surface area contributed by atoms with Crippen molar-refractivity contribution in [3.63, 3.8) is 0 Å². The molecule has 3 nitrogen and oxygen atoms in total. The van der Waals surface area contributed by atoms with Crippen molar-refractivity contribution >= 4 is 5.82 Å². The highest BCUT2D eigenvalue weighted by molar-refractivity contribution is 5.64. The van der Waals surface area contributed by atoms with E-state index >= 15 is 0 Å². The van der Waals surface area contributed by atoms with E-state index in [2.05, 4.69) is 65.2 Å². The van der Waals surface area contributed by atoms with E-state index in [-0.39, 0.29) is 0 Å². The van der Waals surface area contributed by atoms with Gasteiger partial charge >= 0.3 is 0 Å². The quantitative estimate of drug-likeness (QED) is 0.834. The van der Waals surface area contributed by atoms with Gasteiger partial charge in [0.2, 0.25) is 0 Å². The second kappa shape index (κ2) is 5.63. The number of aryl methyl sites for hydroxylation is 1. The molecule has 104 valence electrons. The molecule has 0 N–H and O–H groups in total. The molecule has 0 bridgehead atoms. The Hall–Kier alpha value is -1.87. The van der Waals surface area contributed by atoms with Crippen LogP contribution < -0.4 is 4.90 Å². The number of rotatable bonds is 2. The lowest BCUT2D eigenvalue weighted by Gasteiger charge is -2.33. The summed E-state index contributed by atoms with van der Waals surface area (Å²) in [5, 5.41) is 0. The minimum Gasteiger partial charge on any atom is -0.354 e. The smallest absolute Gasteiger partial charge is 0.128 e. The molecule has 0 unspecified atom stereocenters. The molecule has 0 aliphatic carbocycles. The fourth-order valence-electron chi connectivity index (χ4n) is 2.60. The molecular formula is C17H21N3. The largest absolute Gasteiger partial charge is 0.354 e. The van der Waals surface area contributed by atoms with Crippen molar-refractivity contribution in [1.29, 1.82) is 0 Å². The molecule has 1 aliphatic heterocycles. The van der Waals surface area contributed by atoms with Crippen LogP contribution in [0.2, 0.25) is 0 Å². The van der Waals surface area contributed by atoms with Crippen LogP contribution in [0, 0.1) is 6.92 Å². The maximum atomic E-state index is 4.64. The predicted octanol–water partition coefficient (Wildman–Crippen LogP) is 2.81. The van der Waals surface area contributed by atoms with Gasteiger partial charge in [-0.3, -0.25) is 0 Å². The molecule has 0 radical (unpaired) electrons. The molecule has 1 aliphatic rings. The van der Waals surface area contributed by atoms with Crippen LogP contribution in [-0.4, -0.2) is 43.1 Å². The third-order valence-electron chi connectivity index (χ3n) is 3.93. The van der Waals surface area contributed by atoms with Gasteiger partial charge in [0.15, 0.2) is 0 Å². The second-order valence-electron chi connectivity index (χ2n) is 5.56. The highest BCUT2D eigenvalue weighted by Gasteiger charge is 2.14. The topological polar surface area (TPSA) is 19.4 Å². The highest BCUT2D eigenvalue weighted by atomic mass is 15.3. The van der Waals surface area contributed by atoms with Crippen LogP contribution in [0.3, 0.4) is 0 Å². The number of piperazine rings is 1. The van der Waals surface area contributed by atoms with Crippen molar-refractivity contribution in [1.82, 2.24) is 9.88 Å². The number of pyridine rings is 1. The van der Waals surface area contributed by atoms with Crippen LogP contribution in [0.25, 0.3) is 11.1 Å². The fraction of sp³-hybridized carbons (Fsp3) is 0.353. The van der Waals surface area contributed by atoms with E-state index in [4.69, 9.17) is 0 Å². The van der Waals surface area contributed by atoms with Crippen molar-refractivity contribution in [2.45, 2.75) is 6.92 Å². The van der Waals surface area contributed by atoms with Gasteiger partial charge in [-0.1, -0.05) is 29.8 Å². The van der Waals surface area contributed by atoms with Gasteiger partial charge in [-0.05, 0) is 31.7 Å². The first-order valence-electron chi connectivity index (χ1n) is 7.19. The van der Waals surface area contributed by atoms with Gasteiger partial charge in [-0.25, -0.2) is 4.98 Å². The van der Waals surface area contributed by atoms with E-state index in [0.29, 0.717) is 0 Å². The van der Waals surface area contributed by atoms with Crippen molar-refractivity contribution < 1.29 is 0 Å². The third kappa shape index (κ3) is 2.83. The summed E-state index contributed by atoms with van der Waals surface area (Å²) in [4.78, 5) is 9.36. The minimum absolute atomic E-state index is 1.06. The van der Waals surface area contributed by atoms with Crippen molar-refractivity contribution in [3.8, 4) is 11.1 Å². The molecule has 1 fully saturated rings. The maximum absolute atomic E-state index is 4.64. The highest BCUT2D eigenvalue weighted by Crippen LogP contribution is 2.22. The Kier molecular flexibility index (Phi) is 3.70. The Morgan fingerprint density at radius 2 is 1.75 bits per heavy atom. The average molecular weight is 267 g/mol. The normalized spacial score (nSPS) is 16.4. The Morgan fingerprint density at radius 3 is 2.40 bits per heavy atom. The van der Waals surface area contributed by atoms with Crippen LogP contribution in [0.4, 0.5) is 5.82 Å². The number of aromatic nitrogens is 1. The van der Waals surface area contributed by atoms with E-state index in [0.717, 1.165) is 32.0 Å². The summed E-state index contributed by atoms with van der Waals surface area (Å²) in [7, 11) is 2.17. The Bertz CT molecular complexity index is 569. The summed E-state index contributed by atoms with van der Waals surface area (Å²) in [5.74, 6) is 1.09. The lowest BCUT2D eigenvalue weighted by atomic mass is 10.1. The molecule has 0 spiro atoms. The first kappa shape index (κ1) is 13.1. The number of likely N-dealkylation sites (N-methyl/N-ethyl adjacent to an activating group) is 1. The zero-order chi connectivity index (χ0) is 13.9. The van der Waals surface area contributed by atoms with Crippen LogP contribution in [0.5, 0.6) is 0 Å². The molecule has 2 aromatic rings. The molecule has 3 heteroatoms. The van der Waals surface area contributed by atoms with Gasteiger partial charge in [-0.2, -0.15) is 0 Å². The first-order valence-corrected chi connectivity index (χ1v) is 7.19. The van der Waals surface area contributed by atoms with Crippen LogP contribution in [-0.2, 0) is 0 Å². The molecule has 2 heterocycles. The van der Waals surface area contributed by atoms with Gasteiger partial charge in [0.25, 0.3) is 0 Å². The monoisotopic (exact) mass is 267 g/mol. The lowest BCUT2D eigenvalue weighted by Crippen LogP contribution is -2.44. The van der Waals surface area contributed by atoms with Gasteiger partial charge in [0.1, 0.15) is 5.82 Å². The SMILES string of the molecule is Cc1cccc(-c2ccc(N3CCN(C)CC3)nc2)c1. The first-order chi connectivity index (χ1) is 9.72. The average Bonchev–Trinajstić information content (AvgIpc) is 2.48. The van der Waals surface area contributed by atoms with Crippen molar-refractivity contribution in [3.05, 3.63) is 48.2 Å². The molecule has 1 saturated heterocycles. The van der Waals surface area contributed by atoms with Crippen molar-refractivity contribution in [2.75, 3.05) is 38.1 Å². The summed E-state index contributed by atoms with van der Waals surface area (Å²) >= 11 is 0. The number of nitrogens with zero attached hydrogens (tertiary/aromatic N) is 3. The molecule has 1 aromatic carbocycles. The van der Waals surface area contributed by atoms with Crippen LogP contribution in [0.1, 0.15) is 5.56 Å². The molecule has 0 amide bonds. The molecule has 3 rings (SSSR count). The lowest BCUT2D eigenvalue weighted by molar-refractivity contribution is 0.312. The summed E-state index contributed by atoms with van der Waals surface area (Å²) < 4.78 is 0. The van der Waals surface area contributed by atoms with E-state index < -0.39 is 0 Å². The van der Waals surface area contributed by atoms with E-state index in [9.17, 15) is 0 Å². The van der Waals surface area contributed by atoms with Gasteiger partial charge in [-0.15, -0.1) is 0 Å². The van der Waals surface area contributed by atoms with E-state index in [1.54, 1.807) is 0 Å². The molecule has 0 atom stereocenters. The molecular weight excluding hydrogens is 246 g/mol. The summed E-state index contributed by atoms with van der Waals surface area (Å²) in [5.41, 5.74) is 3.71. The van der Waals surface area contributed by atoms with Gasteiger partial charge < -0.3 is 9.80 Å². The maximum Gasteiger partial charge on any atom is 0.128 e. The summed E-state index contributed by atoms with van der Waals surface area (Å²) in [6.45, 7) is 6.47. The van der Waals surface area contributed by atoms with Crippen LogP contribution in [0.15, 0.2) is 42.6 Å². The van der Waals surface area contributed by atoms with Crippen LogP contribution >= 0.6 is 0 Å². The number of benzene rings is 1. The fourth-order valence-corrected chi connectivity index (χ4v) is 2.60. The van der Waals surface area contributed by atoms with E-state index in [1.165, 1.54) is 16.7 Å². The standard InChI is InChI=1S/C17H21N3/c1-14-4-3-5-15(12-14)16-6-7-17(18-13-16)20-10-8-19(2)9-11-20/h3-7,12-13H,8-11H2,1-2H3. The third-order valence-corrected chi connectivity index (χ3v) is 3.93. The molecule has 20 heavy (non-hydrogen) atoms. The minimum atomic E-state index is 1.06. The molecule has 1 aromatic heterocycles. The number of anilines is 1. The zero-order valence-electron chi connectivity index (χ0n) is 12.2. The van der Waals surface area contributed by atoms with Gasteiger partial charge in [0.05, 0.1) is 0 Å². The number of hydrogen-bond donors (Lipinski definition) is 0. The van der Waals surface area contributed by atoms with Crippen molar-refractivity contribution in [2.24, 2.45) is 0 Å².